The Morgan fingerprint density at radius 3 is 2.25 bits per heavy atom. The van der Waals surface area contributed by atoms with Crippen LogP contribution in [0.5, 0.6) is 0 Å². The molecule has 0 aliphatic carbocycles. The predicted octanol–water partition coefficient (Wildman–Crippen LogP) is 3.41. The molecule has 1 rings (SSSR count). The van der Waals surface area contributed by atoms with Crippen molar-refractivity contribution in [2.45, 2.75) is 32.4 Å². The summed E-state index contributed by atoms with van der Waals surface area (Å²) in [6, 6.07) is 5.70. The average Bonchev–Trinajstić information content (AvgIpc) is 2.24. The van der Waals surface area contributed by atoms with Crippen LogP contribution in [-0.4, -0.2) is 17.8 Å². The molecule has 0 amide bonds. The van der Waals surface area contributed by atoms with E-state index in [9.17, 15) is 0 Å². The first kappa shape index (κ1) is 13.8. The van der Waals surface area contributed by atoms with Crippen molar-refractivity contribution >= 4 is 23.2 Å². The Balaban J connectivity index is 2.75. The summed E-state index contributed by atoms with van der Waals surface area (Å²) in [7, 11) is 0. The fourth-order valence-electron chi connectivity index (χ4n) is 1.57. The second-order valence-corrected chi connectivity index (χ2v) is 4.75. The molecular formula is C12H17Cl2NO. The van der Waals surface area contributed by atoms with Crippen LogP contribution in [-0.2, 0) is 0 Å². The molecule has 90 valence electrons. The van der Waals surface area contributed by atoms with Crippen LogP contribution in [0.1, 0.15) is 31.9 Å². The minimum absolute atomic E-state index is 0.104. The van der Waals surface area contributed by atoms with Gasteiger partial charge in [-0.05, 0) is 37.1 Å². The number of benzene rings is 1. The lowest BCUT2D eigenvalue weighted by atomic mass is 10.1. The summed E-state index contributed by atoms with van der Waals surface area (Å²) in [5.74, 6) is 0. The smallest absolute Gasteiger partial charge is 0.0584 e. The van der Waals surface area contributed by atoms with Gasteiger partial charge in [-0.25, -0.2) is 0 Å². The van der Waals surface area contributed by atoms with E-state index in [2.05, 4.69) is 5.32 Å². The van der Waals surface area contributed by atoms with Crippen molar-refractivity contribution in [1.29, 1.82) is 0 Å². The number of hydrogen-bond acceptors (Lipinski definition) is 2. The Kier molecular flexibility index (Phi) is 5.56. The van der Waals surface area contributed by atoms with Gasteiger partial charge in [0.1, 0.15) is 0 Å². The quantitative estimate of drug-likeness (QED) is 0.852. The molecule has 4 heteroatoms. The first-order chi connectivity index (χ1) is 7.56. The van der Waals surface area contributed by atoms with Crippen molar-refractivity contribution in [3.63, 3.8) is 0 Å². The summed E-state index contributed by atoms with van der Waals surface area (Å²) in [6.07, 6.45) is 0.884. The molecule has 2 N–H and O–H groups in total. The van der Waals surface area contributed by atoms with Gasteiger partial charge in [0.2, 0.25) is 0 Å². The third-order valence-corrected chi connectivity index (χ3v) is 3.02. The maximum Gasteiger partial charge on any atom is 0.0584 e. The molecule has 0 saturated heterocycles. The molecule has 0 radical (unpaired) electrons. The van der Waals surface area contributed by atoms with Gasteiger partial charge in [-0.3, -0.25) is 0 Å². The first-order valence-corrected chi connectivity index (χ1v) is 6.15. The summed E-state index contributed by atoms with van der Waals surface area (Å²) < 4.78 is 0. The van der Waals surface area contributed by atoms with Gasteiger partial charge in [-0.15, -0.1) is 0 Å². The lowest BCUT2D eigenvalue weighted by Gasteiger charge is -2.21. The zero-order valence-electron chi connectivity index (χ0n) is 9.50. The van der Waals surface area contributed by atoms with E-state index in [1.807, 2.05) is 26.0 Å². The van der Waals surface area contributed by atoms with Crippen LogP contribution in [0.15, 0.2) is 18.2 Å². The third kappa shape index (κ3) is 3.95. The Morgan fingerprint density at radius 2 is 1.81 bits per heavy atom. The molecule has 2 atom stereocenters. The van der Waals surface area contributed by atoms with Gasteiger partial charge in [-0.2, -0.15) is 0 Å². The molecule has 1 aromatic rings. The second-order valence-electron chi connectivity index (χ2n) is 3.88. The number of hydrogen-bond donors (Lipinski definition) is 2. The third-order valence-electron chi connectivity index (χ3n) is 2.58. The number of rotatable bonds is 5. The van der Waals surface area contributed by atoms with E-state index in [0.29, 0.717) is 10.0 Å². The highest BCUT2D eigenvalue weighted by molar-refractivity contribution is 6.34. The van der Waals surface area contributed by atoms with Crippen molar-refractivity contribution in [1.82, 2.24) is 5.32 Å². The molecule has 2 nitrogen and oxygen atoms in total. The molecule has 0 aliphatic rings. The largest absolute Gasteiger partial charge is 0.395 e. The molecule has 0 aliphatic heterocycles. The molecule has 0 aromatic heterocycles. The van der Waals surface area contributed by atoms with E-state index in [-0.39, 0.29) is 18.7 Å². The van der Waals surface area contributed by atoms with Crippen LogP contribution in [0.3, 0.4) is 0 Å². The SMILES string of the molecule is CC[C@H](CO)NC(C)c1cc(Cl)cc(Cl)c1. The fourth-order valence-corrected chi connectivity index (χ4v) is 2.12. The highest BCUT2D eigenvalue weighted by Crippen LogP contribution is 2.23. The van der Waals surface area contributed by atoms with E-state index in [1.54, 1.807) is 6.07 Å². The summed E-state index contributed by atoms with van der Waals surface area (Å²) in [5, 5.41) is 13.7. The molecule has 16 heavy (non-hydrogen) atoms. The Labute approximate surface area is 107 Å². The molecule has 0 bridgehead atoms. The summed E-state index contributed by atoms with van der Waals surface area (Å²) >= 11 is 11.9. The second kappa shape index (κ2) is 6.45. The minimum Gasteiger partial charge on any atom is -0.395 e. The molecule has 1 aromatic carbocycles. The monoisotopic (exact) mass is 261 g/mol. The van der Waals surface area contributed by atoms with E-state index >= 15 is 0 Å². The zero-order valence-corrected chi connectivity index (χ0v) is 11.0. The lowest BCUT2D eigenvalue weighted by Crippen LogP contribution is -2.33. The fraction of sp³-hybridized carbons (Fsp3) is 0.500. The molecular weight excluding hydrogens is 245 g/mol. The maximum atomic E-state index is 9.12. The van der Waals surface area contributed by atoms with Crippen LogP contribution in [0.25, 0.3) is 0 Å². The van der Waals surface area contributed by atoms with E-state index in [0.717, 1.165) is 12.0 Å². The Bertz CT molecular complexity index is 320. The lowest BCUT2D eigenvalue weighted by molar-refractivity contribution is 0.230. The molecule has 1 unspecified atom stereocenters. The normalized spacial score (nSPS) is 14.8. The van der Waals surface area contributed by atoms with Gasteiger partial charge in [0.15, 0.2) is 0 Å². The van der Waals surface area contributed by atoms with Gasteiger partial charge in [0.05, 0.1) is 6.61 Å². The van der Waals surface area contributed by atoms with Crippen LogP contribution in [0, 0.1) is 0 Å². The number of aliphatic hydroxyl groups excluding tert-OH is 1. The van der Waals surface area contributed by atoms with E-state index in [1.165, 1.54) is 0 Å². The van der Waals surface area contributed by atoms with Crippen LogP contribution in [0.2, 0.25) is 10.0 Å². The van der Waals surface area contributed by atoms with Crippen molar-refractivity contribution < 1.29 is 5.11 Å². The van der Waals surface area contributed by atoms with E-state index in [4.69, 9.17) is 28.3 Å². The van der Waals surface area contributed by atoms with Gasteiger partial charge >= 0.3 is 0 Å². The molecule has 0 spiro atoms. The maximum absolute atomic E-state index is 9.12. The Hall–Kier alpha value is -0.280. The van der Waals surface area contributed by atoms with Gasteiger partial charge in [0, 0.05) is 22.1 Å². The van der Waals surface area contributed by atoms with Crippen molar-refractivity contribution in [3.8, 4) is 0 Å². The topological polar surface area (TPSA) is 32.3 Å². The van der Waals surface area contributed by atoms with Gasteiger partial charge in [0.25, 0.3) is 0 Å². The minimum atomic E-state index is 0.104. The van der Waals surface area contributed by atoms with Gasteiger partial charge < -0.3 is 10.4 Å². The van der Waals surface area contributed by atoms with Crippen LogP contribution in [0.4, 0.5) is 0 Å². The predicted molar refractivity (Wildman–Crippen MR) is 69.2 cm³/mol. The number of aliphatic hydroxyl groups is 1. The zero-order chi connectivity index (χ0) is 12.1. The average molecular weight is 262 g/mol. The standard InChI is InChI=1S/C12H17Cl2NO/c1-3-12(7-16)15-8(2)9-4-10(13)6-11(14)5-9/h4-6,8,12,15-16H,3,7H2,1-2H3/t8?,12-/m1/s1. The summed E-state index contributed by atoms with van der Waals surface area (Å²) in [6.45, 7) is 4.20. The van der Waals surface area contributed by atoms with Crippen LogP contribution >= 0.6 is 23.2 Å². The Morgan fingerprint density at radius 1 is 1.25 bits per heavy atom. The van der Waals surface area contributed by atoms with Crippen molar-refractivity contribution in [2.75, 3.05) is 6.61 Å². The molecule has 0 fully saturated rings. The first-order valence-electron chi connectivity index (χ1n) is 5.39. The summed E-state index contributed by atoms with van der Waals surface area (Å²) in [5.41, 5.74) is 1.03. The molecule has 0 heterocycles. The van der Waals surface area contributed by atoms with Gasteiger partial charge in [-0.1, -0.05) is 30.1 Å². The number of nitrogens with one attached hydrogen (secondary N) is 1. The van der Waals surface area contributed by atoms with Crippen molar-refractivity contribution in [2.24, 2.45) is 0 Å². The highest BCUT2D eigenvalue weighted by atomic mass is 35.5. The number of halogens is 2. The van der Waals surface area contributed by atoms with E-state index < -0.39 is 0 Å². The summed E-state index contributed by atoms with van der Waals surface area (Å²) in [4.78, 5) is 0. The van der Waals surface area contributed by atoms with Crippen LogP contribution < -0.4 is 5.32 Å². The highest BCUT2D eigenvalue weighted by Gasteiger charge is 2.11. The van der Waals surface area contributed by atoms with Crippen molar-refractivity contribution in [3.05, 3.63) is 33.8 Å². The molecule has 0 saturated carbocycles.